The lowest BCUT2D eigenvalue weighted by atomic mass is 9.93. The van der Waals surface area contributed by atoms with Crippen LogP contribution < -0.4 is 10.1 Å². The van der Waals surface area contributed by atoms with Crippen LogP contribution in [0.2, 0.25) is 0 Å². The van der Waals surface area contributed by atoms with Gasteiger partial charge in [0.15, 0.2) is 0 Å². The highest BCUT2D eigenvalue weighted by Gasteiger charge is 2.24. The number of piperazine rings is 1. The average Bonchev–Trinajstić information content (AvgIpc) is 2.60. The molecular weight excluding hydrogens is 290 g/mol. The quantitative estimate of drug-likeness (QED) is 0.861. The lowest BCUT2D eigenvalue weighted by Crippen LogP contribution is -2.52. The highest BCUT2D eigenvalue weighted by molar-refractivity contribution is 5.74. The average molecular weight is 313 g/mol. The Morgan fingerprint density at radius 3 is 2.87 bits per heavy atom. The number of nitrogens with zero attached hydrogens (tertiary/aromatic N) is 2. The van der Waals surface area contributed by atoms with Crippen LogP contribution >= 0.6 is 0 Å². The molecule has 1 atom stereocenters. The lowest BCUT2D eigenvalue weighted by Gasteiger charge is -2.34. The fourth-order valence-corrected chi connectivity index (χ4v) is 3.19. The molecular formula is C18H23N3O2. The van der Waals surface area contributed by atoms with Gasteiger partial charge in [-0.15, -0.1) is 6.42 Å². The maximum absolute atomic E-state index is 12.3. The molecule has 3 rings (SSSR count). The maximum atomic E-state index is 12.3. The molecule has 1 saturated heterocycles. The number of urea groups is 1. The van der Waals surface area contributed by atoms with Crippen molar-refractivity contribution in [3.05, 3.63) is 29.8 Å². The van der Waals surface area contributed by atoms with E-state index in [1.165, 1.54) is 5.56 Å². The minimum atomic E-state index is 0.0225. The van der Waals surface area contributed by atoms with E-state index in [-0.39, 0.29) is 6.03 Å². The molecule has 1 fully saturated rings. The number of ether oxygens (including phenoxy) is 1. The van der Waals surface area contributed by atoms with Crippen molar-refractivity contribution < 1.29 is 9.53 Å². The van der Waals surface area contributed by atoms with Crippen molar-refractivity contribution in [2.75, 3.05) is 45.9 Å². The van der Waals surface area contributed by atoms with Gasteiger partial charge in [0.05, 0.1) is 13.2 Å². The maximum Gasteiger partial charge on any atom is 0.317 e. The van der Waals surface area contributed by atoms with Crippen molar-refractivity contribution >= 4 is 6.03 Å². The van der Waals surface area contributed by atoms with Gasteiger partial charge in [0, 0.05) is 38.6 Å². The van der Waals surface area contributed by atoms with Crippen molar-refractivity contribution in [2.24, 2.45) is 0 Å². The molecule has 1 aromatic rings. The molecule has 5 heteroatoms. The molecule has 0 saturated carbocycles. The van der Waals surface area contributed by atoms with Gasteiger partial charge in [-0.25, -0.2) is 4.79 Å². The van der Waals surface area contributed by atoms with E-state index < -0.39 is 0 Å². The second-order valence-corrected chi connectivity index (χ2v) is 6.03. The van der Waals surface area contributed by atoms with E-state index in [1.807, 2.05) is 23.1 Å². The Bertz CT molecular complexity index is 588. The first-order valence-corrected chi connectivity index (χ1v) is 8.18. The molecule has 0 bridgehead atoms. The number of benzene rings is 1. The molecule has 122 valence electrons. The number of nitrogens with one attached hydrogen (secondary N) is 1. The smallest absolute Gasteiger partial charge is 0.317 e. The highest BCUT2D eigenvalue weighted by atomic mass is 16.5. The van der Waals surface area contributed by atoms with Gasteiger partial charge in [0.1, 0.15) is 5.75 Å². The standard InChI is InChI=1S/C18H23N3O2/c1-2-8-20-9-11-21(12-10-20)18(22)19-14-15-7-13-23-17-6-4-3-5-16(15)17/h1,3-6,15H,7-14H2,(H,19,22)/t15-/m0/s1. The predicted octanol–water partition coefficient (Wildman–Crippen LogP) is 1.51. The summed E-state index contributed by atoms with van der Waals surface area (Å²) in [5.74, 6) is 3.92. The zero-order valence-corrected chi connectivity index (χ0v) is 13.3. The number of amides is 2. The van der Waals surface area contributed by atoms with Gasteiger partial charge in [-0.05, 0) is 18.1 Å². The highest BCUT2D eigenvalue weighted by Crippen LogP contribution is 2.32. The Kier molecular flexibility index (Phi) is 5.04. The molecule has 1 N–H and O–H groups in total. The molecule has 0 aromatic heterocycles. The third-order valence-corrected chi connectivity index (χ3v) is 4.56. The summed E-state index contributed by atoms with van der Waals surface area (Å²) >= 11 is 0. The number of para-hydroxylation sites is 1. The fourth-order valence-electron chi connectivity index (χ4n) is 3.19. The van der Waals surface area contributed by atoms with E-state index in [2.05, 4.69) is 22.2 Å². The summed E-state index contributed by atoms with van der Waals surface area (Å²) in [5, 5.41) is 3.08. The van der Waals surface area contributed by atoms with Crippen LogP contribution in [0.15, 0.2) is 24.3 Å². The minimum Gasteiger partial charge on any atom is -0.493 e. The van der Waals surface area contributed by atoms with Crippen LogP contribution in [-0.2, 0) is 0 Å². The normalized spacial score (nSPS) is 21.0. The van der Waals surface area contributed by atoms with Crippen molar-refractivity contribution in [3.8, 4) is 18.1 Å². The molecule has 23 heavy (non-hydrogen) atoms. The Morgan fingerprint density at radius 1 is 1.30 bits per heavy atom. The van der Waals surface area contributed by atoms with Crippen molar-refractivity contribution in [1.29, 1.82) is 0 Å². The van der Waals surface area contributed by atoms with Crippen LogP contribution in [0.1, 0.15) is 17.9 Å². The first kappa shape index (κ1) is 15.7. The minimum absolute atomic E-state index is 0.0225. The third kappa shape index (κ3) is 3.77. The Balaban J connectivity index is 1.50. The Morgan fingerprint density at radius 2 is 2.09 bits per heavy atom. The molecule has 0 unspecified atom stereocenters. The molecule has 2 aliphatic heterocycles. The second-order valence-electron chi connectivity index (χ2n) is 6.03. The van der Waals surface area contributed by atoms with Gasteiger partial charge in [0.2, 0.25) is 0 Å². The molecule has 5 nitrogen and oxygen atoms in total. The van der Waals surface area contributed by atoms with E-state index in [0.29, 0.717) is 25.6 Å². The number of rotatable bonds is 3. The summed E-state index contributed by atoms with van der Waals surface area (Å²) in [6.07, 6.45) is 6.27. The third-order valence-electron chi connectivity index (χ3n) is 4.56. The summed E-state index contributed by atoms with van der Waals surface area (Å²) in [6, 6.07) is 8.11. The molecule has 0 aliphatic carbocycles. The number of hydrogen-bond acceptors (Lipinski definition) is 3. The fraction of sp³-hybridized carbons (Fsp3) is 0.500. The first-order valence-electron chi connectivity index (χ1n) is 8.18. The molecule has 2 heterocycles. The van der Waals surface area contributed by atoms with Crippen molar-refractivity contribution in [3.63, 3.8) is 0 Å². The zero-order chi connectivity index (χ0) is 16.1. The van der Waals surface area contributed by atoms with Crippen LogP contribution in [0.25, 0.3) is 0 Å². The van der Waals surface area contributed by atoms with Crippen LogP contribution in [0, 0.1) is 12.3 Å². The Hall–Kier alpha value is -2.19. The van der Waals surface area contributed by atoms with Gasteiger partial charge in [-0.2, -0.15) is 0 Å². The van der Waals surface area contributed by atoms with E-state index in [9.17, 15) is 4.79 Å². The van der Waals surface area contributed by atoms with Gasteiger partial charge in [-0.1, -0.05) is 24.1 Å². The molecule has 2 aliphatic rings. The van der Waals surface area contributed by atoms with Gasteiger partial charge in [0.25, 0.3) is 0 Å². The van der Waals surface area contributed by atoms with Crippen LogP contribution in [0.4, 0.5) is 4.79 Å². The lowest BCUT2D eigenvalue weighted by molar-refractivity contribution is 0.147. The second kappa shape index (κ2) is 7.38. The van der Waals surface area contributed by atoms with Crippen molar-refractivity contribution in [2.45, 2.75) is 12.3 Å². The van der Waals surface area contributed by atoms with E-state index in [0.717, 1.165) is 38.3 Å². The summed E-state index contributed by atoms with van der Waals surface area (Å²) in [5.41, 5.74) is 1.19. The number of carbonyl (C=O) groups excluding carboxylic acids is 1. The van der Waals surface area contributed by atoms with Gasteiger partial charge >= 0.3 is 6.03 Å². The van der Waals surface area contributed by atoms with Gasteiger partial charge in [-0.3, -0.25) is 4.90 Å². The largest absolute Gasteiger partial charge is 0.493 e. The van der Waals surface area contributed by atoms with E-state index >= 15 is 0 Å². The topological polar surface area (TPSA) is 44.8 Å². The molecule has 2 amide bonds. The number of hydrogen-bond donors (Lipinski definition) is 1. The Labute approximate surface area is 137 Å². The van der Waals surface area contributed by atoms with Gasteiger partial charge < -0.3 is 15.0 Å². The molecule has 0 radical (unpaired) electrons. The number of terminal acetylenes is 1. The van der Waals surface area contributed by atoms with Crippen LogP contribution in [0.5, 0.6) is 5.75 Å². The van der Waals surface area contributed by atoms with E-state index in [1.54, 1.807) is 0 Å². The van der Waals surface area contributed by atoms with Crippen LogP contribution in [-0.4, -0.2) is 61.7 Å². The summed E-state index contributed by atoms with van der Waals surface area (Å²) in [7, 11) is 0. The SMILES string of the molecule is C#CCN1CCN(C(=O)NC[C@@H]2CCOc3ccccc32)CC1. The summed E-state index contributed by atoms with van der Waals surface area (Å²) in [4.78, 5) is 16.4. The number of carbonyl (C=O) groups is 1. The zero-order valence-electron chi connectivity index (χ0n) is 13.3. The van der Waals surface area contributed by atoms with Crippen LogP contribution in [0.3, 0.4) is 0 Å². The first-order chi connectivity index (χ1) is 11.3. The molecule has 1 aromatic carbocycles. The summed E-state index contributed by atoms with van der Waals surface area (Å²) in [6.45, 7) is 5.19. The van der Waals surface area contributed by atoms with Crippen molar-refractivity contribution in [1.82, 2.24) is 15.1 Å². The summed E-state index contributed by atoms with van der Waals surface area (Å²) < 4.78 is 5.67. The monoisotopic (exact) mass is 313 g/mol. The van der Waals surface area contributed by atoms with E-state index in [4.69, 9.17) is 11.2 Å². The molecule has 0 spiro atoms. The number of fused-ring (bicyclic) bond motifs is 1. The predicted molar refractivity (Wildman–Crippen MR) is 89.5 cm³/mol.